The third-order valence-corrected chi connectivity index (χ3v) is 6.90. The Labute approximate surface area is 207 Å². The summed E-state index contributed by atoms with van der Waals surface area (Å²) in [6.07, 6.45) is 0.855. The number of rotatable bonds is 4. The van der Waals surface area contributed by atoms with Crippen LogP contribution in [0.15, 0.2) is 29.3 Å². The van der Waals surface area contributed by atoms with Crippen LogP contribution in [0.25, 0.3) is 0 Å². The molecule has 0 aliphatic carbocycles. The standard InChI is InChI=1S/C23H22BrF3N4O4/c1-3-13-10-31(5-4-22(13,26)27)21-28-12(2)8-16(30-21)29-20(32)17-15(25)9-14(24)18-19(17)33-11-23(18)34-6-7-35-23/h3,8-9,13H,1,4-7,10-11H2,2H3,(H,28,29,30,32). The molecule has 8 nitrogen and oxygen atoms in total. The Hall–Kier alpha value is -2.70. The highest BCUT2D eigenvalue weighted by molar-refractivity contribution is 9.10. The molecule has 12 heteroatoms. The quantitative estimate of drug-likeness (QED) is 0.567. The second kappa shape index (κ2) is 8.75. The summed E-state index contributed by atoms with van der Waals surface area (Å²) in [5.41, 5.74) is 0.592. The van der Waals surface area contributed by atoms with Gasteiger partial charge in [-0.1, -0.05) is 22.0 Å². The van der Waals surface area contributed by atoms with Gasteiger partial charge in [0, 0.05) is 35.7 Å². The highest BCUT2D eigenvalue weighted by atomic mass is 79.9. The maximum Gasteiger partial charge on any atom is 0.263 e. The van der Waals surface area contributed by atoms with E-state index in [4.69, 9.17) is 14.2 Å². The number of benzene rings is 1. The highest BCUT2D eigenvalue weighted by Gasteiger charge is 2.50. The van der Waals surface area contributed by atoms with Crippen LogP contribution < -0.4 is 15.0 Å². The Kier molecular flexibility index (Phi) is 6.01. The van der Waals surface area contributed by atoms with Crippen molar-refractivity contribution in [3.05, 3.63) is 51.9 Å². The summed E-state index contributed by atoms with van der Waals surface area (Å²) in [5.74, 6) is -6.40. The van der Waals surface area contributed by atoms with Gasteiger partial charge in [0.1, 0.15) is 29.6 Å². The molecule has 2 fully saturated rings. The number of aromatic nitrogens is 2. The lowest BCUT2D eigenvalue weighted by atomic mass is 9.94. The molecule has 2 saturated heterocycles. The van der Waals surface area contributed by atoms with Crippen molar-refractivity contribution in [2.45, 2.75) is 25.1 Å². The Morgan fingerprint density at radius 3 is 2.77 bits per heavy atom. The van der Waals surface area contributed by atoms with Crippen LogP contribution in [-0.4, -0.2) is 54.7 Å². The molecular formula is C23H22BrF3N4O4. The van der Waals surface area contributed by atoms with Crippen molar-refractivity contribution in [1.29, 1.82) is 0 Å². The molecule has 1 atom stereocenters. The summed E-state index contributed by atoms with van der Waals surface area (Å²) < 4.78 is 60.6. The van der Waals surface area contributed by atoms with E-state index in [0.717, 1.165) is 6.07 Å². The molecule has 1 amide bonds. The second-order valence-electron chi connectivity index (χ2n) is 8.61. The van der Waals surface area contributed by atoms with E-state index in [1.165, 1.54) is 12.1 Å². The molecule has 2 aromatic rings. The number of fused-ring (bicyclic) bond motifs is 2. The van der Waals surface area contributed by atoms with E-state index in [1.807, 2.05) is 0 Å². The molecule has 0 saturated carbocycles. The van der Waals surface area contributed by atoms with Gasteiger partial charge in [-0.25, -0.2) is 18.2 Å². The first-order valence-corrected chi connectivity index (χ1v) is 11.8. The van der Waals surface area contributed by atoms with E-state index in [1.54, 1.807) is 11.8 Å². The van der Waals surface area contributed by atoms with E-state index in [-0.39, 0.29) is 49.2 Å². The van der Waals surface area contributed by atoms with Gasteiger partial charge in [0.2, 0.25) is 11.7 Å². The van der Waals surface area contributed by atoms with Crippen LogP contribution in [0.4, 0.5) is 24.9 Å². The van der Waals surface area contributed by atoms with E-state index in [2.05, 4.69) is 37.8 Å². The van der Waals surface area contributed by atoms with Crippen LogP contribution in [0.5, 0.6) is 5.75 Å². The average Bonchev–Trinajstić information content (AvgIpc) is 3.41. The number of ether oxygens (including phenoxy) is 3. The molecule has 1 aromatic carbocycles. The zero-order valence-electron chi connectivity index (χ0n) is 18.7. The molecule has 186 valence electrons. The normalized spacial score (nSPS) is 22.1. The fraction of sp³-hybridized carbons (Fsp3) is 0.435. The molecule has 3 aliphatic heterocycles. The van der Waals surface area contributed by atoms with Gasteiger partial charge in [0.15, 0.2) is 0 Å². The minimum absolute atomic E-state index is 0.0158. The largest absolute Gasteiger partial charge is 0.486 e. The van der Waals surface area contributed by atoms with E-state index >= 15 is 0 Å². The SMILES string of the molecule is C=CC1CN(c2nc(C)cc(NC(=O)c3c(F)cc(Br)c4c3OCC43OCCO3)n2)CCC1(F)F. The molecule has 1 N–H and O–H groups in total. The van der Waals surface area contributed by atoms with Crippen molar-refractivity contribution in [1.82, 2.24) is 9.97 Å². The van der Waals surface area contributed by atoms with E-state index < -0.39 is 29.4 Å². The summed E-state index contributed by atoms with van der Waals surface area (Å²) >= 11 is 3.32. The lowest BCUT2D eigenvalue weighted by Crippen LogP contribution is -2.47. The van der Waals surface area contributed by atoms with Gasteiger partial charge in [-0.05, 0) is 13.0 Å². The van der Waals surface area contributed by atoms with Crippen LogP contribution in [0.2, 0.25) is 0 Å². The Morgan fingerprint density at radius 1 is 1.31 bits per heavy atom. The predicted octanol–water partition coefficient (Wildman–Crippen LogP) is 4.18. The molecule has 1 spiro atoms. The number of carbonyl (C=O) groups excluding carboxylic acids is 1. The van der Waals surface area contributed by atoms with Crippen molar-refractivity contribution in [3.63, 3.8) is 0 Å². The number of amides is 1. The Morgan fingerprint density at radius 2 is 2.06 bits per heavy atom. The van der Waals surface area contributed by atoms with Crippen LogP contribution in [0.3, 0.4) is 0 Å². The molecule has 0 radical (unpaired) electrons. The van der Waals surface area contributed by atoms with E-state index in [9.17, 15) is 18.0 Å². The molecule has 0 bridgehead atoms. The van der Waals surface area contributed by atoms with Crippen LogP contribution in [0.1, 0.15) is 28.0 Å². The number of nitrogens with one attached hydrogen (secondary N) is 1. The number of carbonyl (C=O) groups is 1. The van der Waals surface area contributed by atoms with Crippen molar-refractivity contribution in [2.75, 3.05) is 43.1 Å². The van der Waals surface area contributed by atoms with Gasteiger partial charge in [-0.15, -0.1) is 6.58 Å². The molecule has 35 heavy (non-hydrogen) atoms. The maximum absolute atomic E-state index is 15.0. The molecule has 3 aliphatic rings. The zero-order valence-corrected chi connectivity index (χ0v) is 20.3. The van der Waals surface area contributed by atoms with Crippen LogP contribution in [-0.2, 0) is 15.3 Å². The highest BCUT2D eigenvalue weighted by Crippen LogP contribution is 2.49. The Balaban J connectivity index is 1.43. The van der Waals surface area contributed by atoms with Gasteiger partial charge in [-0.3, -0.25) is 4.79 Å². The summed E-state index contributed by atoms with van der Waals surface area (Å²) in [6.45, 7) is 5.88. The minimum Gasteiger partial charge on any atom is -0.486 e. The minimum atomic E-state index is -2.86. The number of aryl methyl sites for hydroxylation is 1. The molecule has 4 heterocycles. The van der Waals surface area contributed by atoms with Crippen molar-refractivity contribution in [3.8, 4) is 5.75 Å². The van der Waals surface area contributed by atoms with Gasteiger partial charge in [-0.2, -0.15) is 4.98 Å². The molecule has 5 rings (SSSR count). The third kappa shape index (κ3) is 4.17. The number of hydrogen-bond acceptors (Lipinski definition) is 7. The number of halogens is 4. The first kappa shape index (κ1) is 24.0. The summed E-state index contributed by atoms with van der Waals surface area (Å²) in [7, 11) is 0. The third-order valence-electron chi connectivity index (χ3n) is 6.28. The lowest BCUT2D eigenvalue weighted by molar-refractivity contribution is -0.170. The van der Waals surface area contributed by atoms with Gasteiger partial charge in [0.05, 0.1) is 24.7 Å². The molecule has 1 unspecified atom stereocenters. The van der Waals surface area contributed by atoms with Crippen molar-refractivity contribution in [2.24, 2.45) is 5.92 Å². The van der Waals surface area contributed by atoms with Crippen molar-refractivity contribution < 1.29 is 32.2 Å². The van der Waals surface area contributed by atoms with Crippen LogP contribution in [0, 0.1) is 18.7 Å². The summed E-state index contributed by atoms with van der Waals surface area (Å²) in [6, 6.07) is 2.67. The van der Waals surface area contributed by atoms with E-state index in [0.29, 0.717) is 28.9 Å². The number of piperidine rings is 1. The number of anilines is 2. The first-order chi connectivity index (χ1) is 16.6. The first-order valence-electron chi connectivity index (χ1n) is 11.0. The van der Waals surface area contributed by atoms with Gasteiger partial charge in [0.25, 0.3) is 11.8 Å². The van der Waals surface area contributed by atoms with Crippen LogP contribution >= 0.6 is 15.9 Å². The summed E-state index contributed by atoms with van der Waals surface area (Å²) in [4.78, 5) is 23.5. The second-order valence-corrected chi connectivity index (χ2v) is 9.46. The topological polar surface area (TPSA) is 85.8 Å². The number of hydrogen-bond donors (Lipinski definition) is 1. The maximum atomic E-state index is 15.0. The Bertz CT molecular complexity index is 1210. The number of alkyl halides is 2. The van der Waals surface area contributed by atoms with Gasteiger partial charge >= 0.3 is 0 Å². The van der Waals surface area contributed by atoms with Gasteiger partial charge < -0.3 is 24.4 Å². The smallest absolute Gasteiger partial charge is 0.263 e. The van der Waals surface area contributed by atoms with Crippen molar-refractivity contribution >= 4 is 33.6 Å². The molecular weight excluding hydrogens is 533 g/mol. The lowest BCUT2D eigenvalue weighted by Gasteiger charge is -2.37. The monoisotopic (exact) mass is 554 g/mol. The summed E-state index contributed by atoms with van der Waals surface area (Å²) in [5, 5.41) is 2.59. The predicted molar refractivity (Wildman–Crippen MR) is 123 cm³/mol. The fourth-order valence-corrected chi connectivity index (χ4v) is 5.21. The molecule has 1 aromatic heterocycles. The zero-order chi connectivity index (χ0) is 25.0. The average molecular weight is 555 g/mol. The fourth-order valence-electron chi connectivity index (χ4n) is 4.53. The number of nitrogens with zero attached hydrogens (tertiary/aromatic N) is 3.